The van der Waals surface area contributed by atoms with Gasteiger partial charge < -0.3 is 14.8 Å². The minimum Gasteiger partial charge on any atom is -0.371 e. The van der Waals surface area contributed by atoms with Crippen LogP contribution in [0.4, 0.5) is 5.69 Å². The van der Waals surface area contributed by atoms with E-state index in [-0.39, 0.29) is 11.6 Å². The molecule has 1 aromatic heterocycles. The Morgan fingerprint density at radius 3 is 2.74 bits per heavy atom. The van der Waals surface area contributed by atoms with Gasteiger partial charge in [0.25, 0.3) is 0 Å². The molecule has 2 heterocycles. The number of H-pyrrole nitrogens is 1. The van der Waals surface area contributed by atoms with E-state index in [1.165, 1.54) is 5.69 Å². The number of nitrogens with one attached hydrogen (secondary N) is 1. The van der Waals surface area contributed by atoms with Gasteiger partial charge >= 0.3 is 5.69 Å². The van der Waals surface area contributed by atoms with Gasteiger partial charge in [0.05, 0.1) is 0 Å². The Bertz CT molecular complexity index is 821. The third-order valence-electron chi connectivity index (χ3n) is 5.41. The summed E-state index contributed by atoms with van der Waals surface area (Å²) in [4.78, 5) is 34.8. The number of carbonyl (C=O) groups excluding carboxylic acids is 1. The molecule has 0 spiro atoms. The number of nitrogens with zero attached hydrogens (tertiary/aromatic N) is 3. The lowest BCUT2D eigenvalue weighted by Crippen LogP contribution is -2.33. The fraction of sp³-hybridized carbons (Fsp3) is 0.476. The first kappa shape index (κ1) is 19.1. The molecular formula is C21H28N4O2. The molecular weight excluding hydrogens is 340 g/mol. The highest BCUT2D eigenvalue weighted by atomic mass is 16.2. The highest BCUT2D eigenvalue weighted by Gasteiger charge is 2.25. The zero-order valence-corrected chi connectivity index (χ0v) is 16.4. The van der Waals surface area contributed by atoms with E-state index in [1.54, 1.807) is 0 Å². The number of para-hydroxylation sites is 1. The van der Waals surface area contributed by atoms with E-state index in [0.717, 1.165) is 37.3 Å². The van der Waals surface area contributed by atoms with Gasteiger partial charge in [-0.25, -0.2) is 4.79 Å². The number of aromatic amines is 1. The molecule has 0 bridgehead atoms. The second kappa shape index (κ2) is 8.37. The molecule has 1 saturated heterocycles. The SMILES string of the molecule is Cc1nc(=O)[nH]c(C)c1CCC(=O)N(C)C[C@@H]1CCN(c2ccccc2)C1. The van der Waals surface area contributed by atoms with Crippen LogP contribution in [-0.2, 0) is 11.2 Å². The van der Waals surface area contributed by atoms with Gasteiger partial charge in [0.15, 0.2) is 0 Å². The van der Waals surface area contributed by atoms with Crippen LogP contribution in [0.2, 0.25) is 0 Å². The van der Waals surface area contributed by atoms with E-state index in [1.807, 2.05) is 31.9 Å². The van der Waals surface area contributed by atoms with Gasteiger partial charge in [-0.1, -0.05) is 18.2 Å². The van der Waals surface area contributed by atoms with Crippen molar-refractivity contribution in [2.75, 3.05) is 31.6 Å². The van der Waals surface area contributed by atoms with Crippen molar-refractivity contribution in [1.82, 2.24) is 14.9 Å². The fourth-order valence-corrected chi connectivity index (χ4v) is 3.89. The van der Waals surface area contributed by atoms with Crippen LogP contribution in [0.1, 0.15) is 29.8 Å². The van der Waals surface area contributed by atoms with Gasteiger partial charge in [-0.15, -0.1) is 0 Å². The average Bonchev–Trinajstić information content (AvgIpc) is 3.09. The van der Waals surface area contributed by atoms with Gasteiger partial charge in [-0.05, 0) is 50.3 Å². The molecule has 0 radical (unpaired) electrons. The highest BCUT2D eigenvalue weighted by Crippen LogP contribution is 2.24. The zero-order valence-electron chi connectivity index (χ0n) is 16.4. The molecule has 1 atom stereocenters. The molecule has 1 aliphatic rings. The number of benzene rings is 1. The lowest BCUT2D eigenvalue weighted by atomic mass is 10.1. The second-order valence-corrected chi connectivity index (χ2v) is 7.44. The number of carbonyl (C=O) groups is 1. The van der Waals surface area contributed by atoms with Crippen molar-refractivity contribution in [3.8, 4) is 0 Å². The number of aromatic nitrogens is 2. The Balaban J connectivity index is 1.51. The summed E-state index contributed by atoms with van der Waals surface area (Å²) in [6, 6.07) is 10.4. The lowest BCUT2D eigenvalue weighted by Gasteiger charge is -2.23. The third-order valence-corrected chi connectivity index (χ3v) is 5.41. The largest absolute Gasteiger partial charge is 0.371 e. The average molecular weight is 368 g/mol. The molecule has 6 nitrogen and oxygen atoms in total. The summed E-state index contributed by atoms with van der Waals surface area (Å²) in [7, 11) is 1.89. The Hall–Kier alpha value is -2.63. The van der Waals surface area contributed by atoms with E-state index in [0.29, 0.717) is 24.5 Å². The van der Waals surface area contributed by atoms with Crippen molar-refractivity contribution in [2.24, 2.45) is 5.92 Å². The number of hydrogen-bond donors (Lipinski definition) is 1. The van der Waals surface area contributed by atoms with Crippen molar-refractivity contribution >= 4 is 11.6 Å². The Labute approximate surface area is 160 Å². The standard InChI is InChI=1S/C21H28N4O2/c1-15-19(16(2)23-21(27)22-15)9-10-20(26)24(3)13-17-11-12-25(14-17)18-7-5-4-6-8-18/h4-8,17H,9-14H2,1-3H3,(H,22,23,27)/t17-/m0/s1. The minimum absolute atomic E-state index is 0.137. The normalized spacial score (nSPS) is 16.6. The highest BCUT2D eigenvalue weighted by molar-refractivity contribution is 5.76. The maximum absolute atomic E-state index is 12.6. The molecule has 1 aromatic carbocycles. The lowest BCUT2D eigenvalue weighted by molar-refractivity contribution is -0.130. The molecule has 6 heteroatoms. The van der Waals surface area contributed by atoms with Crippen LogP contribution in [0.25, 0.3) is 0 Å². The maximum Gasteiger partial charge on any atom is 0.345 e. The van der Waals surface area contributed by atoms with Gasteiger partial charge in [0.1, 0.15) is 0 Å². The summed E-state index contributed by atoms with van der Waals surface area (Å²) in [5.41, 5.74) is 3.40. The first-order chi connectivity index (χ1) is 12.9. The molecule has 0 saturated carbocycles. The number of anilines is 1. The first-order valence-electron chi connectivity index (χ1n) is 9.54. The molecule has 1 N–H and O–H groups in total. The summed E-state index contributed by atoms with van der Waals surface area (Å²) >= 11 is 0. The Morgan fingerprint density at radius 2 is 2.04 bits per heavy atom. The molecule has 27 heavy (non-hydrogen) atoms. The predicted molar refractivity (Wildman–Crippen MR) is 107 cm³/mol. The fourth-order valence-electron chi connectivity index (χ4n) is 3.89. The molecule has 144 valence electrons. The second-order valence-electron chi connectivity index (χ2n) is 7.44. The first-order valence-corrected chi connectivity index (χ1v) is 9.54. The van der Waals surface area contributed by atoms with Crippen molar-refractivity contribution in [3.63, 3.8) is 0 Å². The summed E-state index contributed by atoms with van der Waals surface area (Å²) in [5, 5.41) is 0. The zero-order chi connectivity index (χ0) is 19.4. The van der Waals surface area contributed by atoms with Gasteiger partial charge in [0, 0.05) is 50.2 Å². The van der Waals surface area contributed by atoms with Crippen LogP contribution in [0.15, 0.2) is 35.1 Å². The van der Waals surface area contributed by atoms with Crippen LogP contribution in [0.5, 0.6) is 0 Å². The predicted octanol–water partition coefficient (Wildman–Crippen LogP) is 2.30. The van der Waals surface area contributed by atoms with E-state index in [9.17, 15) is 9.59 Å². The number of aryl methyl sites for hydroxylation is 2. The van der Waals surface area contributed by atoms with E-state index < -0.39 is 0 Å². The monoisotopic (exact) mass is 368 g/mol. The number of rotatable bonds is 6. The number of amides is 1. The molecule has 0 aliphatic carbocycles. The summed E-state index contributed by atoms with van der Waals surface area (Å²) in [6.07, 6.45) is 2.14. The summed E-state index contributed by atoms with van der Waals surface area (Å²) < 4.78 is 0. The van der Waals surface area contributed by atoms with E-state index in [2.05, 4.69) is 39.1 Å². The minimum atomic E-state index is -0.332. The van der Waals surface area contributed by atoms with Gasteiger partial charge in [0.2, 0.25) is 5.91 Å². The van der Waals surface area contributed by atoms with E-state index in [4.69, 9.17) is 0 Å². The molecule has 0 unspecified atom stereocenters. The molecule has 1 fully saturated rings. The Morgan fingerprint density at radius 1 is 1.30 bits per heavy atom. The quantitative estimate of drug-likeness (QED) is 0.849. The van der Waals surface area contributed by atoms with Crippen LogP contribution in [-0.4, -0.2) is 47.5 Å². The van der Waals surface area contributed by atoms with Crippen LogP contribution in [0.3, 0.4) is 0 Å². The smallest absolute Gasteiger partial charge is 0.345 e. The van der Waals surface area contributed by atoms with Crippen LogP contribution in [0, 0.1) is 19.8 Å². The van der Waals surface area contributed by atoms with Gasteiger partial charge in [-0.2, -0.15) is 4.98 Å². The third kappa shape index (κ3) is 4.76. The molecule has 1 amide bonds. The van der Waals surface area contributed by atoms with E-state index >= 15 is 0 Å². The van der Waals surface area contributed by atoms with Gasteiger partial charge in [-0.3, -0.25) is 4.79 Å². The van der Waals surface area contributed by atoms with Crippen LogP contribution < -0.4 is 10.6 Å². The van der Waals surface area contributed by atoms with Crippen LogP contribution >= 0.6 is 0 Å². The number of hydrogen-bond acceptors (Lipinski definition) is 4. The van der Waals surface area contributed by atoms with Crippen molar-refractivity contribution in [1.29, 1.82) is 0 Å². The maximum atomic E-state index is 12.6. The molecule has 1 aliphatic heterocycles. The molecule has 2 aromatic rings. The Kier molecular flexibility index (Phi) is 5.94. The van der Waals surface area contributed by atoms with Crippen molar-refractivity contribution in [2.45, 2.75) is 33.1 Å². The topological polar surface area (TPSA) is 69.3 Å². The summed E-state index contributed by atoms with van der Waals surface area (Å²) in [6.45, 7) is 6.49. The van der Waals surface area contributed by atoms with Crippen molar-refractivity contribution < 1.29 is 4.79 Å². The summed E-state index contributed by atoms with van der Waals surface area (Å²) in [5.74, 6) is 0.635. The van der Waals surface area contributed by atoms with Crippen molar-refractivity contribution in [3.05, 3.63) is 57.8 Å². The molecule has 3 rings (SSSR count).